The summed E-state index contributed by atoms with van der Waals surface area (Å²) in [6, 6.07) is 4.10. The van der Waals surface area contributed by atoms with Crippen LogP contribution in [-0.2, 0) is 6.54 Å². The quantitative estimate of drug-likeness (QED) is 0.901. The molecule has 2 aromatic heterocycles. The first-order valence-electron chi connectivity index (χ1n) is 5.80. The van der Waals surface area contributed by atoms with Crippen LogP contribution in [-0.4, -0.2) is 14.3 Å². The van der Waals surface area contributed by atoms with Crippen molar-refractivity contribution in [3.63, 3.8) is 0 Å². The molecular weight excluding hydrogens is 232 g/mol. The van der Waals surface area contributed by atoms with Gasteiger partial charge in [0.25, 0.3) is 0 Å². The van der Waals surface area contributed by atoms with Crippen molar-refractivity contribution in [2.45, 2.75) is 32.2 Å². The molecule has 88 valence electrons. The van der Waals surface area contributed by atoms with Crippen molar-refractivity contribution < 1.29 is 0 Å². The van der Waals surface area contributed by atoms with Crippen molar-refractivity contribution in [2.24, 2.45) is 0 Å². The molecule has 1 aliphatic rings. The van der Waals surface area contributed by atoms with Crippen molar-refractivity contribution in [1.82, 2.24) is 14.3 Å². The van der Waals surface area contributed by atoms with Crippen LogP contribution in [0.3, 0.4) is 0 Å². The predicted octanol–water partition coefficient (Wildman–Crippen LogP) is 2.73. The molecule has 0 unspecified atom stereocenters. The third-order valence-corrected chi connectivity index (χ3v) is 3.49. The summed E-state index contributed by atoms with van der Waals surface area (Å²) in [5.74, 6) is 1.64. The van der Waals surface area contributed by atoms with E-state index in [1.165, 1.54) is 29.9 Å². The maximum atomic E-state index is 4.48. The minimum absolute atomic E-state index is 0.628. The van der Waals surface area contributed by atoms with Crippen LogP contribution < -0.4 is 5.32 Å². The number of anilines is 1. The third-order valence-electron chi connectivity index (χ3n) is 2.80. The van der Waals surface area contributed by atoms with Crippen LogP contribution in [0, 0.1) is 6.92 Å². The van der Waals surface area contributed by atoms with Crippen LogP contribution >= 0.6 is 11.5 Å². The molecule has 2 heterocycles. The summed E-state index contributed by atoms with van der Waals surface area (Å²) in [6.07, 6.45) is 4.39. The molecule has 0 saturated heterocycles. The Bertz CT molecular complexity index is 501. The van der Waals surface area contributed by atoms with E-state index in [0.29, 0.717) is 5.92 Å². The van der Waals surface area contributed by atoms with Gasteiger partial charge < -0.3 is 5.32 Å². The highest BCUT2D eigenvalue weighted by Crippen LogP contribution is 2.39. The smallest absolute Gasteiger partial charge is 0.202 e. The highest BCUT2D eigenvalue weighted by atomic mass is 32.1. The number of nitrogens with one attached hydrogen (secondary N) is 1. The van der Waals surface area contributed by atoms with E-state index in [2.05, 4.69) is 25.7 Å². The molecule has 1 saturated carbocycles. The average molecular weight is 246 g/mol. The lowest BCUT2D eigenvalue weighted by Crippen LogP contribution is -1.99. The fourth-order valence-electron chi connectivity index (χ4n) is 1.59. The Hall–Kier alpha value is -1.49. The van der Waals surface area contributed by atoms with E-state index in [1.807, 2.05) is 19.2 Å². The van der Waals surface area contributed by atoms with Gasteiger partial charge in [0.05, 0.1) is 0 Å². The van der Waals surface area contributed by atoms with Crippen LogP contribution in [0.15, 0.2) is 18.3 Å². The van der Waals surface area contributed by atoms with Gasteiger partial charge in [-0.2, -0.15) is 4.37 Å². The van der Waals surface area contributed by atoms with E-state index in [-0.39, 0.29) is 0 Å². The Morgan fingerprint density at radius 3 is 3.00 bits per heavy atom. The lowest BCUT2D eigenvalue weighted by atomic mass is 10.2. The van der Waals surface area contributed by atoms with Gasteiger partial charge in [0.1, 0.15) is 5.82 Å². The summed E-state index contributed by atoms with van der Waals surface area (Å²) in [5, 5.41) is 4.20. The largest absolute Gasteiger partial charge is 0.356 e. The Balaban J connectivity index is 1.60. The second-order valence-electron chi connectivity index (χ2n) is 4.39. The van der Waals surface area contributed by atoms with Gasteiger partial charge in [-0.1, -0.05) is 6.07 Å². The van der Waals surface area contributed by atoms with Crippen molar-refractivity contribution in [1.29, 1.82) is 0 Å². The van der Waals surface area contributed by atoms with Gasteiger partial charge in [0, 0.05) is 35.9 Å². The van der Waals surface area contributed by atoms with Crippen LogP contribution in [0.4, 0.5) is 5.13 Å². The molecule has 1 N–H and O–H groups in total. The maximum Gasteiger partial charge on any atom is 0.202 e. The molecule has 1 aliphatic carbocycles. The topological polar surface area (TPSA) is 50.7 Å². The third kappa shape index (κ3) is 2.61. The van der Waals surface area contributed by atoms with Crippen LogP contribution in [0.1, 0.15) is 35.8 Å². The van der Waals surface area contributed by atoms with Gasteiger partial charge >= 0.3 is 0 Å². The normalized spacial score (nSPS) is 14.9. The zero-order valence-electron chi connectivity index (χ0n) is 9.68. The van der Waals surface area contributed by atoms with E-state index in [9.17, 15) is 0 Å². The molecule has 0 bridgehead atoms. The highest BCUT2D eigenvalue weighted by molar-refractivity contribution is 7.09. The Morgan fingerprint density at radius 2 is 2.29 bits per heavy atom. The first kappa shape index (κ1) is 10.7. The molecule has 4 nitrogen and oxygen atoms in total. The monoisotopic (exact) mass is 246 g/mol. The fraction of sp³-hybridized carbons (Fsp3) is 0.417. The van der Waals surface area contributed by atoms with E-state index >= 15 is 0 Å². The van der Waals surface area contributed by atoms with E-state index in [1.54, 1.807) is 0 Å². The standard InChI is InChI=1S/C12H14N4S/c1-8-2-3-9(6-13-8)7-14-12-15-11(16-17-12)10-4-5-10/h2-3,6,10H,4-5,7H2,1H3,(H,14,15,16). The first-order valence-corrected chi connectivity index (χ1v) is 6.57. The van der Waals surface area contributed by atoms with E-state index in [0.717, 1.165) is 23.2 Å². The highest BCUT2D eigenvalue weighted by Gasteiger charge is 2.27. The molecular formula is C12H14N4S. The number of aryl methyl sites for hydroxylation is 1. The number of aromatic nitrogens is 3. The molecule has 0 spiro atoms. The van der Waals surface area contributed by atoms with Gasteiger partial charge in [-0.15, -0.1) is 0 Å². The second-order valence-corrected chi connectivity index (χ2v) is 5.15. The van der Waals surface area contributed by atoms with Crippen molar-refractivity contribution in [3.05, 3.63) is 35.4 Å². The van der Waals surface area contributed by atoms with Gasteiger partial charge in [-0.3, -0.25) is 4.98 Å². The van der Waals surface area contributed by atoms with Crippen molar-refractivity contribution >= 4 is 16.7 Å². The van der Waals surface area contributed by atoms with Crippen LogP contribution in [0.2, 0.25) is 0 Å². The number of pyridine rings is 1. The number of hydrogen-bond acceptors (Lipinski definition) is 5. The Morgan fingerprint density at radius 1 is 1.41 bits per heavy atom. The zero-order chi connectivity index (χ0) is 11.7. The molecule has 0 atom stereocenters. The number of rotatable bonds is 4. The molecule has 5 heteroatoms. The molecule has 0 radical (unpaired) electrons. The predicted molar refractivity (Wildman–Crippen MR) is 68.2 cm³/mol. The van der Waals surface area contributed by atoms with Gasteiger partial charge in [-0.25, -0.2) is 4.98 Å². The first-order chi connectivity index (χ1) is 8.31. The summed E-state index contributed by atoms with van der Waals surface area (Å²) in [6.45, 7) is 2.75. The second kappa shape index (κ2) is 4.41. The molecule has 0 aromatic carbocycles. The van der Waals surface area contributed by atoms with Gasteiger partial charge in [-0.05, 0) is 31.4 Å². The lowest BCUT2D eigenvalue weighted by molar-refractivity contribution is 0.978. The zero-order valence-corrected chi connectivity index (χ0v) is 10.5. The van der Waals surface area contributed by atoms with E-state index < -0.39 is 0 Å². The fourth-order valence-corrected chi connectivity index (χ4v) is 2.24. The average Bonchev–Trinajstić information content (AvgIpc) is 3.09. The van der Waals surface area contributed by atoms with Crippen molar-refractivity contribution in [2.75, 3.05) is 5.32 Å². The summed E-state index contributed by atoms with van der Waals surface area (Å²) in [7, 11) is 0. The van der Waals surface area contributed by atoms with E-state index in [4.69, 9.17) is 0 Å². The minimum atomic E-state index is 0.628. The molecule has 0 amide bonds. The van der Waals surface area contributed by atoms with Gasteiger partial charge in [0.15, 0.2) is 0 Å². The van der Waals surface area contributed by atoms with Gasteiger partial charge in [0.2, 0.25) is 5.13 Å². The minimum Gasteiger partial charge on any atom is -0.356 e. The van der Waals surface area contributed by atoms with Crippen LogP contribution in [0.5, 0.6) is 0 Å². The summed E-state index contributed by atoms with van der Waals surface area (Å²) >= 11 is 1.45. The Kier molecular flexibility index (Phi) is 2.76. The summed E-state index contributed by atoms with van der Waals surface area (Å²) < 4.78 is 4.36. The maximum absolute atomic E-state index is 4.48. The molecule has 1 fully saturated rings. The van der Waals surface area contributed by atoms with Crippen LogP contribution in [0.25, 0.3) is 0 Å². The molecule has 2 aromatic rings. The molecule has 0 aliphatic heterocycles. The summed E-state index contributed by atoms with van der Waals surface area (Å²) in [4.78, 5) is 8.74. The SMILES string of the molecule is Cc1ccc(CNc2nc(C3CC3)ns2)cn1. The lowest BCUT2D eigenvalue weighted by Gasteiger charge is -2.01. The summed E-state index contributed by atoms with van der Waals surface area (Å²) in [5.41, 5.74) is 2.21. The van der Waals surface area contributed by atoms with Crippen molar-refractivity contribution in [3.8, 4) is 0 Å². The number of nitrogens with zero attached hydrogens (tertiary/aromatic N) is 3. The molecule has 3 rings (SSSR count). The Labute approximate surface area is 104 Å². The molecule has 17 heavy (non-hydrogen) atoms. The number of hydrogen-bond donors (Lipinski definition) is 1.